The minimum atomic E-state index is -0.418. The van der Waals surface area contributed by atoms with Crippen LogP contribution in [-0.4, -0.2) is 49.7 Å². The summed E-state index contributed by atoms with van der Waals surface area (Å²) in [6.07, 6.45) is 0.900. The number of carbonyl (C=O) groups is 2. The summed E-state index contributed by atoms with van der Waals surface area (Å²) in [6, 6.07) is 17.8. The van der Waals surface area contributed by atoms with Gasteiger partial charge in [-0.05, 0) is 58.9 Å². The first kappa shape index (κ1) is 25.4. The number of rotatable bonds is 4. The molecule has 6 rings (SSSR count). The molecule has 2 heterocycles. The first-order valence-corrected chi connectivity index (χ1v) is 13.7. The zero-order valence-electron chi connectivity index (χ0n) is 22.7. The van der Waals surface area contributed by atoms with Gasteiger partial charge in [-0.1, -0.05) is 50.2 Å². The number of allylic oxidation sites excluding steroid dienone is 1. The van der Waals surface area contributed by atoms with E-state index in [9.17, 15) is 9.59 Å². The molecule has 0 unspecified atom stereocenters. The average molecular weight is 527 g/mol. The molecule has 0 spiro atoms. The number of benzene rings is 3. The van der Waals surface area contributed by atoms with E-state index in [4.69, 9.17) is 14.2 Å². The summed E-state index contributed by atoms with van der Waals surface area (Å²) in [5, 5.41) is 5.99. The van der Waals surface area contributed by atoms with Crippen molar-refractivity contribution in [2.24, 2.45) is 5.41 Å². The Balaban J connectivity index is 1.42. The van der Waals surface area contributed by atoms with Crippen molar-refractivity contribution in [2.75, 3.05) is 38.2 Å². The number of carbonyl (C=O) groups excluding carboxylic acids is 2. The zero-order valence-corrected chi connectivity index (χ0v) is 22.7. The Bertz CT molecular complexity index is 1490. The summed E-state index contributed by atoms with van der Waals surface area (Å²) in [5.41, 5.74) is 4.85. The Morgan fingerprint density at radius 2 is 1.85 bits per heavy atom. The van der Waals surface area contributed by atoms with E-state index in [1.54, 1.807) is 11.0 Å². The van der Waals surface area contributed by atoms with Gasteiger partial charge in [-0.25, -0.2) is 4.79 Å². The van der Waals surface area contributed by atoms with Crippen LogP contribution in [0.5, 0.6) is 11.5 Å². The van der Waals surface area contributed by atoms with Crippen LogP contribution in [0.2, 0.25) is 0 Å². The molecule has 3 aromatic rings. The van der Waals surface area contributed by atoms with Gasteiger partial charge in [0.1, 0.15) is 0 Å². The third-order valence-corrected chi connectivity index (χ3v) is 7.81. The van der Waals surface area contributed by atoms with Crippen LogP contribution in [0.3, 0.4) is 0 Å². The van der Waals surface area contributed by atoms with E-state index < -0.39 is 6.09 Å². The lowest BCUT2D eigenvalue weighted by molar-refractivity contribution is -0.118. The van der Waals surface area contributed by atoms with Crippen LogP contribution in [0.15, 0.2) is 60.2 Å². The molecule has 0 saturated carbocycles. The highest BCUT2D eigenvalue weighted by Crippen LogP contribution is 2.52. The third-order valence-electron chi connectivity index (χ3n) is 7.81. The highest BCUT2D eigenvalue weighted by atomic mass is 16.6. The Morgan fingerprint density at radius 1 is 1.05 bits per heavy atom. The number of morpholine rings is 1. The number of nitrogens with zero attached hydrogens (tertiary/aromatic N) is 1. The molecule has 1 saturated heterocycles. The highest BCUT2D eigenvalue weighted by molar-refractivity contribution is 6.12. The van der Waals surface area contributed by atoms with Crippen LogP contribution in [-0.2, 0) is 9.53 Å². The molecule has 39 heavy (non-hydrogen) atoms. The predicted molar refractivity (Wildman–Crippen MR) is 151 cm³/mol. The van der Waals surface area contributed by atoms with Gasteiger partial charge in [-0.2, -0.15) is 0 Å². The van der Waals surface area contributed by atoms with Gasteiger partial charge < -0.3 is 24.4 Å². The molecule has 0 radical (unpaired) electrons. The van der Waals surface area contributed by atoms with Gasteiger partial charge in [0.2, 0.25) is 0 Å². The molecule has 1 aliphatic carbocycles. The van der Waals surface area contributed by atoms with Crippen LogP contribution in [0, 0.1) is 5.41 Å². The quantitative estimate of drug-likeness (QED) is 0.425. The molecule has 2 aliphatic heterocycles. The van der Waals surface area contributed by atoms with Gasteiger partial charge >= 0.3 is 6.09 Å². The van der Waals surface area contributed by atoms with E-state index in [0.717, 1.165) is 45.2 Å². The predicted octanol–water partition coefficient (Wildman–Crippen LogP) is 6.38. The monoisotopic (exact) mass is 526 g/mol. The van der Waals surface area contributed by atoms with E-state index in [2.05, 4.69) is 49.5 Å². The van der Waals surface area contributed by atoms with E-state index in [1.165, 1.54) is 0 Å². The number of ketones is 1. The molecule has 1 amide bonds. The fraction of sp³-hybridized carbons (Fsp3) is 0.375. The molecular formula is C32H34N2O5. The fourth-order valence-corrected chi connectivity index (χ4v) is 6.05. The van der Waals surface area contributed by atoms with Crippen molar-refractivity contribution in [2.45, 2.75) is 39.7 Å². The van der Waals surface area contributed by atoms with E-state index in [0.29, 0.717) is 50.8 Å². The standard InChI is InChI=1S/C32H34N2O5/c1-4-38-27-17-21(10-12-26(27)39-31(36)34-13-15-37-16-14-34)30-29-23(18-32(2,3)19-25(29)35)28-22-8-6-5-7-20(22)9-11-24(28)33-30/h5-12,17,30,33H,4,13-16,18-19H2,1-3H3/t30-/m1/s1. The summed E-state index contributed by atoms with van der Waals surface area (Å²) in [5.74, 6) is 1.01. The van der Waals surface area contributed by atoms with Gasteiger partial charge in [0, 0.05) is 36.3 Å². The van der Waals surface area contributed by atoms with Crippen LogP contribution in [0.1, 0.15) is 50.8 Å². The van der Waals surface area contributed by atoms with Crippen molar-refractivity contribution in [1.82, 2.24) is 4.90 Å². The maximum atomic E-state index is 13.8. The first-order chi connectivity index (χ1) is 18.8. The smallest absolute Gasteiger partial charge is 0.415 e. The van der Waals surface area contributed by atoms with Gasteiger partial charge in [-0.3, -0.25) is 4.79 Å². The SMILES string of the molecule is CCOc1cc([C@H]2Nc3ccc4ccccc4c3C3=C2C(=O)CC(C)(C)C3)ccc1OC(=O)N1CCOCC1. The van der Waals surface area contributed by atoms with Crippen LogP contribution in [0.4, 0.5) is 10.5 Å². The number of anilines is 1. The number of fused-ring (bicyclic) bond motifs is 4. The number of nitrogens with one attached hydrogen (secondary N) is 1. The molecule has 1 N–H and O–H groups in total. The third kappa shape index (κ3) is 4.76. The minimum Gasteiger partial charge on any atom is -0.490 e. The molecule has 0 aromatic heterocycles. The van der Waals surface area contributed by atoms with Gasteiger partial charge in [0.25, 0.3) is 0 Å². The summed E-state index contributed by atoms with van der Waals surface area (Å²) >= 11 is 0. The summed E-state index contributed by atoms with van der Waals surface area (Å²) in [7, 11) is 0. The van der Waals surface area contributed by atoms with Gasteiger partial charge in [-0.15, -0.1) is 0 Å². The maximum Gasteiger partial charge on any atom is 0.415 e. The average Bonchev–Trinajstić information content (AvgIpc) is 2.93. The summed E-state index contributed by atoms with van der Waals surface area (Å²) in [4.78, 5) is 28.2. The van der Waals surface area contributed by atoms with Crippen molar-refractivity contribution < 1.29 is 23.8 Å². The van der Waals surface area contributed by atoms with Gasteiger partial charge in [0.05, 0.1) is 25.9 Å². The Morgan fingerprint density at radius 3 is 2.64 bits per heavy atom. The number of amides is 1. The molecule has 3 aliphatic rings. The molecule has 7 heteroatoms. The number of ether oxygens (including phenoxy) is 3. The minimum absolute atomic E-state index is 0.125. The number of hydrogen-bond acceptors (Lipinski definition) is 6. The number of Topliss-reactive ketones (excluding diaryl/α,β-unsaturated/α-hetero) is 1. The topological polar surface area (TPSA) is 77.1 Å². The van der Waals surface area contributed by atoms with Gasteiger partial charge in [0.15, 0.2) is 17.3 Å². The maximum absolute atomic E-state index is 13.8. The van der Waals surface area contributed by atoms with Crippen molar-refractivity contribution in [3.63, 3.8) is 0 Å². The van der Waals surface area contributed by atoms with E-state index in [1.807, 2.05) is 25.1 Å². The molecule has 0 bridgehead atoms. The molecule has 202 valence electrons. The first-order valence-electron chi connectivity index (χ1n) is 13.7. The van der Waals surface area contributed by atoms with Crippen molar-refractivity contribution in [1.29, 1.82) is 0 Å². The lowest BCUT2D eigenvalue weighted by Crippen LogP contribution is -2.42. The summed E-state index contributed by atoms with van der Waals surface area (Å²) in [6.45, 7) is 8.64. The van der Waals surface area contributed by atoms with Crippen molar-refractivity contribution in [3.05, 3.63) is 71.3 Å². The second-order valence-electron chi connectivity index (χ2n) is 11.2. The lowest BCUT2D eigenvalue weighted by Gasteiger charge is -2.40. The van der Waals surface area contributed by atoms with Crippen LogP contribution in [0.25, 0.3) is 16.3 Å². The lowest BCUT2D eigenvalue weighted by atomic mass is 9.68. The Kier molecular flexibility index (Phi) is 6.55. The van der Waals surface area contributed by atoms with Crippen molar-refractivity contribution in [3.8, 4) is 11.5 Å². The normalized spacial score (nSPS) is 20.2. The highest BCUT2D eigenvalue weighted by Gasteiger charge is 2.41. The second kappa shape index (κ2) is 10.0. The molecular weight excluding hydrogens is 492 g/mol. The second-order valence-corrected chi connectivity index (χ2v) is 11.2. The fourth-order valence-electron chi connectivity index (χ4n) is 6.05. The van der Waals surface area contributed by atoms with Crippen LogP contribution >= 0.6 is 0 Å². The van der Waals surface area contributed by atoms with E-state index in [-0.39, 0.29) is 17.2 Å². The largest absolute Gasteiger partial charge is 0.490 e. The Hall–Kier alpha value is -3.84. The summed E-state index contributed by atoms with van der Waals surface area (Å²) < 4.78 is 17.0. The molecule has 1 atom stereocenters. The molecule has 7 nitrogen and oxygen atoms in total. The Labute approximate surface area is 228 Å². The number of hydrogen-bond donors (Lipinski definition) is 1. The zero-order chi connectivity index (χ0) is 27.1. The van der Waals surface area contributed by atoms with E-state index >= 15 is 0 Å². The molecule has 3 aromatic carbocycles. The van der Waals surface area contributed by atoms with Crippen LogP contribution < -0.4 is 14.8 Å². The van der Waals surface area contributed by atoms with Crippen molar-refractivity contribution >= 4 is 33.9 Å². The molecule has 1 fully saturated rings.